The maximum atomic E-state index is 11.4. The number of ether oxygens (including phenoxy) is 1. The van der Waals surface area contributed by atoms with Gasteiger partial charge in [-0.25, -0.2) is 0 Å². The van der Waals surface area contributed by atoms with E-state index in [1.807, 2.05) is 0 Å². The molecule has 0 aliphatic heterocycles. The van der Waals surface area contributed by atoms with Crippen LogP contribution in [0.4, 0.5) is 0 Å². The molecular weight excluding hydrogens is 202 g/mol. The summed E-state index contributed by atoms with van der Waals surface area (Å²) in [5, 5.41) is 8.87. The highest BCUT2D eigenvalue weighted by Crippen LogP contribution is 2.23. The molecule has 0 atom stereocenters. The number of nitrogens with zero attached hydrogens (tertiary/aromatic N) is 1. The molecule has 0 saturated carbocycles. The number of nitriles is 1. The van der Waals surface area contributed by atoms with Gasteiger partial charge in [0.1, 0.15) is 5.75 Å². The molecule has 0 N–H and O–H groups in total. The lowest BCUT2D eigenvalue weighted by Crippen LogP contribution is -2.00. The van der Waals surface area contributed by atoms with E-state index in [2.05, 4.69) is 0 Å². The zero-order valence-electron chi connectivity index (χ0n) is 7.58. The van der Waals surface area contributed by atoms with Crippen LogP contribution in [0.25, 0.3) is 0 Å². The molecule has 1 aromatic rings. The molecule has 0 aliphatic rings. The lowest BCUT2D eigenvalue weighted by Gasteiger charge is -2.05. The van der Waals surface area contributed by atoms with Gasteiger partial charge in [-0.3, -0.25) is 4.79 Å². The molecule has 1 rings (SSSR count). The van der Waals surface area contributed by atoms with Gasteiger partial charge in [-0.2, -0.15) is 5.26 Å². The number of halogens is 1. The molecule has 0 bridgehead atoms. The first-order chi connectivity index (χ1) is 6.69. The van der Waals surface area contributed by atoms with Crippen LogP contribution in [0.5, 0.6) is 5.75 Å². The fraction of sp³-hybridized carbons (Fsp3) is 0.200. The van der Waals surface area contributed by atoms with Crippen LogP contribution in [0.1, 0.15) is 16.8 Å². The predicted octanol–water partition coefficient (Wildman–Crippen LogP) is 2.44. The van der Waals surface area contributed by atoms with Gasteiger partial charge < -0.3 is 4.74 Å². The Bertz CT molecular complexity index is 396. The lowest BCUT2D eigenvalue weighted by molar-refractivity contribution is 0.0995. The van der Waals surface area contributed by atoms with Crippen LogP contribution < -0.4 is 4.74 Å². The van der Waals surface area contributed by atoms with Gasteiger partial charge in [0.2, 0.25) is 0 Å². The summed E-state index contributed by atoms with van der Waals surface area (Å²) in [4.78, 5) is 11.4. The largest absolute Gasteiger partial charge is 0.496 e. The minimum atomic E-state index is -0.263. The number of ketones is 1. The molecule has 0 aliphatic carbocycles. The van der Waals surface area contributed by atoms with Crippen LogP contribution in [0.2, 0.25) is 5.02 Å². The average Bonchev–Trinajstić information content (AvgIpc) is 2.17. The Kier molecular flexibility index (Phi) is 3.49. The Morgan fingerprint density at radius 3 is 2.93 bits per heavy atom. The summed E-state index contributed by atoms with van der Waals surface area (Å²) in [6, 6.07) is 6.49. The first-order valence-electron chi connectivity index (χ1n) is 3.92. The molecule has 72 valence electrons. The van der Waals surface area contributed by atoms with E-state index in [1.165, 1.54) is 7.11 Å². The van der Waals surface area contributed by atoms with Gasteiger partial charge in [0.25, 0.3) is 0 Å². The second-order valence-corrected chi connectivity index (χ2v) is 3.04. The van der Waals surface area contributed by atoms with Gasteiger partial charge in [0.05, 0.1) is 25.2 Å². The monoisotopic (exact) mass is 209 g/mol. The number of Topliss-reactive ketones (excluding diaryl/α,β-unsaturated/α-hetero) is 1. The quantitative estimate of drug-likeness (QED) is 0.719. The topological polar surface area (TPSA) is 50.1 Å². The molecule has 0 fully saturated rings. The van der Waals surface area contributed by atoms with Crippen LogP contribution in [0.15, 0.2) is 18.2 Å². The summed E-state index contributed by atoms with van der Waals surface area (Å²) >= 11 is 5.72. The lowest BCUT2D eigenvalue weighted by atomic mass is 10.1. The minimum Gasteiger partial charge on any atom is -0.496 e. The van der Waals surface area contributed by atoms with E-state index in [0.717, 1.165) is 0 Å². The summed E-state index contributed by atoms with van der Waals surface area (Å²) in [5.74, 6) is 0.138. The minimum absolute atomic E-state index is 0.155. The summed E-state index contributed by atoms with van der Waals surface area (Å²) in [6.07, 6.45) is -0.155. The van der Waals surface area contributed by atoms with Crippen molar-refractivity contribution in [2.45, 2.75) is 6.42 Å². The van der Waals surface area contributed by atoms with Crippen LogP contribution in [0.3, 0.4) is 0 Å². The van der Waals surface area contributed by atoms with Crippen LogP contribution in [0, 0.1) is 11.3 Å². The van der Waals surface area contributed by atoms with Gasteiger partial charge in [-0.05, 0) is 18.2 Å². The number of hydrogen-bond donors (Lipinski definition) is 0. The van der Waals surface area contributed by atoms with E-state index in [4.69, 9.17) is 21.6 Å². The first-order valence-corrected chi connectivity index (χ1v) is 4.30. The van der Waals surface area contributed by atoms with Crippen LogP contribution in [-0.4, -0.2) is 12.9 Å². The van der Waals surface area contributed by atoms with Crippen molar-refractivity contribution >= 4 is 17.4 Å². The van der Waals surface area contributed by atoms with Gasteiger partial charge in [-0.1, -0.05) is 11.6 Å². The third-order valence-corrected chi connectivity index (χ3v) is 1.94. The number of rotatable bonds is 3. The average molecular weight is 210 g/mol. The molecule has 14 heavy (non-hydrogen) atoms. The Balaban J connectivity index is 3.09. The van der Waals surface area contributed by atoms with Crippen molar-refractivity contribution in [3.8, 4) is 11.8 Å². The number of carbonyl (C=O) groups excluding carboxylic acids is 1. The highest BCUT2D eigenvalue weighted by Gasteiger charge is 2.11. The van der Waals surface area contributed by atoms with Gasteiger partial charge in [0.15, 0.2) is 5.78 Å². The smallest absolute Gasteiger partial charge is 0.180 e. The Hall–Kier alpha value is -1.53. The van der Waals surface area contributed by atoms with E-state index < -0.39 is 0 Å². The molecule has 0 saturated heterocycles. The maximum absolute atomic E-state index is 11.4. The first kappa shape index (κ1) is 10.6. The molecule has 0 amide bonds. The van der Waals surface area contributed by atoms with Crippen LogP contribution >= 0.6 is 11.6 Å². The van der Waals surface area contributed by atoms with Crippen molar-refractivity contribution in [2.24, 2.45) is 0 Å². The highest BCUT2D eigenvalue weighted by atomic mass is 35.5. The van der Waals surface area contributed by atoms with Gasteiger partial charge in [-0.15, -0.1) is 0 Å². The molecule has 0 spiro atoms. The second kappa shape index (κ2) is 4.64. The van der Waals surface area contributed by atoms with E-state index >= 15 is 0 Å². The highest BCUT2D eigenvalue weighted by molar-refractivity contribution is 6.30. The van der Waals surface area contributed by atoms with E-state index in [9.17, 15) is 4.79 Å². The summed E-state index contributed by atoms with van der Waals surface area (Å²) in [6.45, 7) is 0. The summed E-state index contributed by atoms with van der Waals surface area (Å²) < 4.78 is 4.98. The van der Waals surface area contributed by atoms with Crippen molar-refractivity contribution in [1.29, 1.82) is 5.26 Å². The molecular formula is C10H8ClNO2. The zero-order valence-corrected chi connectivity index (χ0v) is 8.34. The number of carbonyl (C=O) groups is 1. The van der Waals surface area contributed by atoms with Crippen molar-refractivity contribution in [2.75, 3.05) is 7.11 Å². The van der Waals surface area contributed by atoms with Gasteiger partial charge in [0, 0.05) is 5.02 Å². The van der Waals surface area contributed by atoms with Crippen molar-refractivity contribution in [3.63, 3.8) is 0 Å². The maximum Gasteiger partial charge on any atom is 0.180 e. The molecule has 4 heteroatoms. The van der Waals surface area contributed by atoms with Crippen molar-refractivity contribution in [1.82, 2.24) is 0 Å². The fourth-order valence-electron chi connectivity index (χ4n) is 1.06. The van der Waals surface area contributed by atoms with E-state index in [-0.39, 0.29) is 12.2 Å². The van der Waals surface area contributed by atoms with Crippen molar-refractivity contribution in [3.05, 3.63) is 28.8 Å². The number of hydrogen-bond acceptors (Lipinski definition) is 3. The molecule has 0 unspecified atom stereocenters. The molecule has 3 nitrogen and oxygen atoms in total. The number of methoxy groups -OCH3 is 1. The van der Waals surface area contributed by atoms with E-state index in [0.29, 0.717) is 16.3 Å². The summed E-state index contributed by atoms with van der Waals surface area (Å²) in [7, 11) is 1.45. The molecule has 1 aromatic carbocycles. The Labute approximate surface area is 86.9 Å². The Morgan fingerprint density at radius 1 is 1.64 bits per heavy atom. The fourth-order valence-corrected chi connectivity index (χ4v) is 1.22. The van der Waals surface area contributed by atoms with E-state index in [1.54, 1.807) is 24.3 Å². The third kappa shape index (κ3) is 2.24. The zero-order chi connectivity index (χ0) is 10.6. The van der Waals surface area contributed by atoms with Crippen LogP contribution in [-0.2, 0) is 0 Å². The predicted molar refractivity (Wildman–Crippen MR) is 52.6 cm³/mol. The normalized spacial score (nSPS) is 9.21. The third-order valence-electron chi connectivity index (χ3n) is 1.70. The van der Waals surface area contributed by atoms with Gasteiger partial charge >= 0.3 is 0 Å². The molecule has 0 heterocycles. The molecule has 0 aromatic heterocycles. The second-order valence-electron chi connectivity index (χ2n) is 2.60. The molecule has 0 radical (unpaired) electrons. The standard InChI is InChI=1S/C10H8ClNO2/c1-14-10-6-7(11)2-3-8(10)9(13)4-5-12/h2-3,6H,4H2,1H3. The number of benzene rings is 1. The SMILES string of the molecule is COc1cc(Cl)ccc1C(=O)CC#N. The summed E-state index contributed by atoms with van der Waals surface area (Å²) in [5.41, 5.74) is 0.387. The Morgan fingerprint density at radius 2 is 2.36 bits per heavy atom. The van der Waals surface area contributed by atoms with Crippen molar-refractivity contribution < 1.29 is 9.53 Å².